The fourth-order valence-electron chi connectivity index (χ4n) is 1.54. The van der Waals surface area contributed by atoms with E-state index in [4.69, 9.17) is 22.6 Å². The normalized spacial score (nSPS) is 10.8. The molecule has 7 heteroatoms. The molecule has 0 radical (unpaired) electrons. The first kappa shape index (κ1) is 14.2. The maximum Gasteiger partial charge on any atom is 0.261 e. The molecule has 0 aromatic heterocycles. The van der Waals surface area contributed by atoms with Gasteiger partial charge in [-0.1, -0.05) is 11.6 Å². The van der Waals surface area contributed by atoms with Crippen LogP contribution in [0.1, 0.15) is 5.56 Å². The van der Waals surface area contributed by atoms with Crippen molar-refractivity contribution in [3.63, 3.8) is 0 Å². The summed E-state index contributed by atoms with van der Waals surface area (Å²) in [6.07, 6.45) is 0. The number of nitrogens with zero attached hydrogens (tertiary/aromatic N) is 1. The lowest BCUT2D eigenvalue weighted by atomic mass is 10.2. The predicted molar refractivity (Wildman–Crippen MR) is 77.8 cm³/mol. The smallest absolute Gasteiger partial charge is 0.261 e. The van der Waals surface area contributed by atoms with Crippen LogP contribution in [0.25, 0.3) is 0 Å². The average Bonchev–Trinajstić information content (AvgIpc) is 2.41. The van der Waals surface area contributed by atoms with Crippen molar-refractivity contribution in [3.8, 4) is 6.07 Å². The molecule has 0 aliphatic rings. The van der Waals surface area contributed by atoms with E-state index in [0.29, 0.717) is 10.6 Å². The van der Waals surface area contributed by atoms with E-state index in [-0.39, 0.29) is 16.3 Å². The maximum absolute atomic E-state index is 12.1. The lowest BCUT2D eigenvalue weighted by Gasteiger charge is -2.10. The van der Waals surface area contributed by atoms with E-state index in [9.17, 15) is 8.42 Å². The van der Waals surface area contributed by atoms with Gasteiger partial charge in [0.05, 0.1) is 27.9 Å². The van der Waals surface area contributed by atoms with Crippen LogP contribution >= 0.6 is 11.6 Å². The van der Waals surface area contributed by atoms with Gasteiger partial charge in [0.2, 0.25) is 0 Å². The van der Waals surface area contributed by atoms with Crippen LogP contribution in [0.4, 0.5) is 11.4 Å². The first-order chi connectivity index (χ1) is 9.42. The van der Waals surface area contributed by atoms with Gasteiger partial charge in [0, 0.05) is 5.02 Å². The zero-order chi connectivity index (χ0) is 14.8. The van der Waals surface area contributed by atoms with E-state index in [0.717, 1.165) is 0 Å². The standard InChI is InChI=1S/C13H10ClN3O2S/c14-10-2-4-11(5-3-10)20(18,19)17-13-6-1-9(8-15)7-12(13)16/h1-7,17H,16H2. The lowest BCUT2D eigenvalue weighted by molar-refractivity contribution is 0.601. The van der Waals surface area contributed by atoms with Gasteiger partial charge in [0.15, 0.2) is 0 Å². The molecule has 5 nitrogen and oxygen atoms in total. The number of sulfonamides is 1. The van der Waals surface area contributed by atoms with Crippen molar-refractivity contribution in [2.75, 3.05) is 10.5 Å². The lowest BCUT2D eigenvalue weighted by Crippen LogP contribution is -2.14. The number of anilines is 2. The van der Waals surface area contributed by atoms with Crippen LogP contribution in [0, 0.1) is 11.3 Å². The molecule has 2 aromatic rings. The zero-order valence-electron chi connectivity index (χ0n) is 10.2. The molecule has 0 atom stereocenters. The molecule has 0 bridgehead atoms. The van der Waals surface area contributed by atoms with Gasteiger partial charge in [-0.25, -0.2) is 8.42 Å². The highest BCUT2D eigenvalue weighted by Crippen LogP contribution is 2.23. The Bertz CT molecular complexity index is 780. The van der Waals surface area contributed by atoms with Crippen molar-refractivity contribution >= 4 is 33.0 Å². The molecule has 20 heavy (non-hydrogen) atoms. The van der Waals surface area contributed by atoms with Crippen molar-refractivity contribution in [2.45, 2.75) is 4.90 Å². The zero-order valence-corrected chi connectivity index (χ0v) is 11.7. The molecule has 2 aromatic carbocycles. The van der Waals surface area contributed by atoms with E-state index in [2.05, 4.69) is 4.72 Å². The molecular formula is C13H10ClN3O2S. The van der Waals surface area contributed by atoms with Gasteiger partial charge < -0.3 is 5.73 Å². The fourth-order valence-corrected chi connectivity index (χ4v) is 2.76. The minimum Gasteiger partial charge on any atom is -0.397 e. The van der Waals surface area contributed by atoms with Crippen LogP contribution in [-0.2, 0) is 10.0 Å². The van der Waals surface area contributed by atoms with Crippen LogP contribution in [0.5, 0.6) is 0 Å². The summed E-state index contributed by atoms with van der Waals surface area (Å²) in [7, 11) is -3.74. The second kappa shape index (κ2) is 5.41. The average molecular weight is 308 g/mol. The molecule has 2 rings (SSSR count). The topological polar surface area (TPSA) is 96.0 Å². The number of hydrogen-bond donors (Lipinski definition) is 2. The number of nitrogens with two attached hydrogens (primary N) is 1. The molecule has 0 aliphatic carbocycles. The van der Waals surface area contributed by atoms with Crippen LogP contribution in [0.15, 0.2) is 47.4 Å². The Morgan fingerprint density at radius 2 is 1.80 bits per heavy atom. The summed E-state index contributed by atoms with van der Waals surface area (Å²) >= 11 is 5.71. The Kier molecular flexibility index (Phi) is 3.84. The first-order valence-corrected chi connectivity index (χ1v) is 7.36. The molecule has 0 aliphatic heterocycles. The van der Waals surface area contributed by atoms with E-state index in [1.807, 2.05) is 6.07 Å². The number of nitrogen functional groups attached to an aromatic ring is 1. The Labute approximate surface area is 121 Å². The van der Waals surface area contributed by atoms with Crippen molar-refractivity contribution in [3.05, 3.63) is 53.1 Å². The van der Waals surface area contributed by atoms with E-state index in [1.54, 1.807) is 0 Å². The number of rotatable bonds is 3. The largest absolute Gasteiger partial charge is 0.397 e. The summed E-state index contributed by atoms with van der Waals surface area (Å²) < 4.78 is 26.7. The monoisotopic (exact) mass is 307 g/mol. The molecule has 0 heterocycles. The molecule has 0 spiro atoms. The molecule has 0 amide bonds. The fraction of sp³-hybridized carbons (Fsp3) is 0. The first-order valence-electron chi connectivity index (χ1n) is 5.50. The SMILES string of the molecule is N#Cc1ccc(NS(=O)(=O)c2ccc(Cl)cc2)c(N)c1. The van der Waals surface area contributed by atoms with Crippen molar-refractivity contribution in [1.29, 1.82) is 5.26 Å². The van der Waals surface area contributed by atoms with Gasteiger partial charge in [-0.15, -0.1) is 0 Å². The summed E-state index contributed by atoms with van der Waals surface area (Å²) in [5.41, 5.74) is 6.47. The van der Waals surface area contributed by atoms with Gasteiger partial charge >= 0.3 is 0 Å². The van der Waals surface area contributed by atoms with Gasteiger partial charge in [-0.2, -0.15) is 5.26 Å². The third-order valence-corrected chi connectivity index (χ3v) is 4.18. The molecule has 0 saturated carbocycles. The number of halogens is 1. The van der Waals surface area contributed by atoms with Crippen LogP contribution < -0.4 is 10.5 Å². The van der Waals surface area contributed by atoms with Crippen molar-refractivity contribution in [2.24, 2.45) is 0 Å². The second-order valence-electron chi connectivity index (χ2n) is 3.97. The number of nitrogens with one attached hydrogen (secondary N) is 1. The Morgan fingerprint density at radius 1 is 1.15 bits per heavy atom. The summed E-state index contributed by atoms with van der Waals surface area (Å²) in [6.45, 7) is 0. The van der Waals surface area contributed by atoms with E-state index in [1.165, 1.54) is 42.5 Å². The van der Waals surface area contributed by atoms with Crippen LogP contribution in [-0.4, -0.2) is 8.42 Å². The van der Waals surface area contributed by atoms with Crippen molar-refractivity contribution < 1.29 is 8.42 Å². The van der Waals surface area contributed by atoms with Gasteiger partial charge in [-0.05, 0) is 42.5 Å². The molecule has 0 unspecified atom stereocenters. The number of benzene rings is 2. The predicted octanol–water partition coefficient (Wildman–Crippen LogP) is 2.59. The molecule has 102 valence electrons. The molecule has 3 N–H and O–H groups in total. The maximum atomic E-state index is 12.1. The molecular weight excluding hydrogens is 298 g/mol. The second-order valence-corrected chi connectivity index (χ2v) is 6.09. The van der Waals surface area contributed by atoms with E-state index >= 15 is 0 Å². The highest BCUT2D eigenvalue weighted by Gasteiger charge is 2.15. The Balaban J connectivity index is 2.34. The molecule has 0 fully saturated rings. The number of hydrogen-bond acceptors (Lipinski definition) is 4. The highest BCUT2D eigenvalue weighted by atomic mass is 35.5. The van der Waals surface area contributed by atoms with Crippen LogP contribution in [0.3, 0.4) is 0 Å². The highest BCUT2D eigenvalue weighted by molar-refractivity contribution is 7.92. The number of nitriles is 1. The summed E-state index contributed by atoms with van der Waals surface area (Å²) in [5.74, 6) is 0. The minimum atomic E-state index is -3.74. The molecule has 0 saturated heterocycles. The van der Waals surface area contributed by atoms with Crippen molar-refractivity contribution in [1.82, 2.24) is 0 Å². The third kappa shape index (κ3) is 3.02. The Morgan fingerprint density at radius 3 is 2.35 bits per heavy atom. The van der Waals surface area contributed by atoms with Gasteiger partial charge in [0.25, 0.3) is 10.0 Å². The van der Waals surface area contributed by atoms with Crippen LogP contribution in [0.2, 0.25) is 5.02 Å². The summed E-state index contributed by atoms with van der Waals surface area (Å²) in [4.78, 5) is 0.0747. The Hall–Kier alpha value is -2.23. The van der Waals surface area contributed by atoms with Gasteiger partial charge in [0.1, 0.15) is 0 Å². The van der Waals surface area contributed by atoms with E-state index < -0.39 is 10.0 Å². The minimum absolute atomic E-state index is 0.0747. The summed E-state index contributed by atoms with van der Waals surface area (Å²) in [6, 6.07) is 12.0. The third-order valence-electron chi connectivity index (χ3n) is 2.55. The quantitative estimate of drug-likeness (QED) is 0.852. The summed E-state index contributed by atoms with van der Waals surface area (Å²) in [5, 5.41) is 9.18. The van der Waals surface area contributed by atoms with Gasteiger partial charge in [-0.3, -0.25) is 4.72 Å².